The maximum absolute atomic E-state index is 9.40. The first-order valence-electron chi connectivity index (χ1n) is 6.93. The second kappa shape index (κ2) is 6.64. The highest BCUT2D eigenvalue weighted by molar-refractivity contribution is 14.1. The van der Waals surface area contributed by atoms with Gasteiger partial charge in [-0.3, -0.25) is 0 Å². The van der Waals surface area contributed by atoms with E-state index in [1.165, 1.54) is 0 Å². The Labute approximate surface area is 141 Å². The minimum atomic E-state index is -0.763. The summed E-state index contributed by atoms with van der Waals surface area (Å²) >= 11 is 2.28. The zero-order valence-corrected chi connectivity index (χ0v) is 13.9. The summed E-state index contributed by atoms with van der Waals surface area (Å²) in [5.41, 5.74) is 3.69. The maximum atomic E-state index is 9.40. The van der Waals surface area contributed by atoms with Gasteiger partial charge in [0.05, 0.1) is 18.4 Å². The lowest BCUT2D eigenvalue weighted by molar-refractivity contribution is 0.105. The summed E-state index contributed by atoms with van der Waals surface area (Å²) in [6.45, 7) is 0.0566. The average molecular weight is 409 g/mol. The van der Waals surface area contributed by atoms with Crippen LogP contribution >= 0.6 is 22.6 Å². The molecule has 3 N–H and O–H groups in total. The molecular formula is C16H16IN3O2. The molecule has 3 aromatic rings. The van der Waals surface area contributed by atoms with Crippen molar-refractivity contribution in [2.24, 2.45) is 0 Å². The molecule has 0 saturated heterocycles. The number of benzene rings is 1. The number of rotatable bonds is 5. The zero-order valence-electron chi connectivity index (χ0n) is 11.8. The van der Waals surface area contributed by atoms with Crippen LogP contribution in [0.1, 0.15) is 0 Å². The molecule has 0 aliphatic rings. The van der Waals surface area contributed by atoms with Crippen molar-refractivity contribution in [1.82, 2.24) is 9.38 Å². The van der Waals surface area contributed by atoms with E-state index in [-0.39, 0.29) is 6.61 Å². The summed E-state index contributed by atoms with van der Waals surface area (Å²) < 4.78 is 3.16. The molecule has 2 aromatic heterocycles. The van der Waals surface area contributed by atoms with Crippen LogP contribution in [0.25, 0.3) is 16.9 Å². The highest BCUT2D eigenvalue weighted by Gasteiger charge is 2.06. The molecule has 2 heterocycles. The second-order valence-corrected chi connectivity index (χ2v) is 6.28. The van der Waals surface area contributed by atoms with E-state index in [9.17, 15) is 5.11 Å². The van der Waals surface area contributed by atoms with Gasteiger partial charge in [0.25, 0.3) is 0 Å². The van der Waals surface area contributed by atoms with Gasteiger partial charge in [0.2, 0.25) is 0 Å². The fourth-order valence-electron chi connectivity index (χ4n) is 2.19. The first-order valence-corrected chi connectivity index (χ1v) is 8.01. The van der Waals surface area contributed by atoms with Gasteiger partial charge >= 0.3 is 0 Å². The van der Waals surface area contributed by atoms with E-state index >= 15 is 0 Å². The largest absolute Gasteiger partial charge is 0.394 e. The van der Waals surface area contributed by atoms with Gasteiger partial charge in [0.1, 0.15) is 5.65 Å². The van der Waals surface area contributed by atoms with E-state index in [0.29, 0.717) is 6.54 Å². The van der Waals surface area contributed by atoms with Crippen molar-refractivity contribution < 1.29 is 10.2 Å². The lowest BCUT2D eigenvalue weighted by Crippen LogP contribution is -2.22. The number of imidazole rings is 1. The van der Waals surface area contributed by atoms with Crippen molar-refractivity contribution in [3.63, 3.8) is 0 Å². The first-order chi connectivity index (χ1) is 10.7. The molecule has 3 rings (SSSR count). The van der Waals surface area contributed by atoms with E-state index in [1.807, 2.05) is 53.2 Å². The van der Waals surface area contributed by atoms with E-state index in [2.05, 4.69) is 32.9 Å². The van der Waals surface area contributed by atoms with Crippen molar-refractivity contribution in [3.8, 4) is 11.3 Å². The van der Waals surface area contributed by atoms with Crippen LogP contribution in [0.2, 0.25) is 0 Å². The quantitative estimate of drug-likeness (QED) is 0.566. The van der Waals surface area contributed by atoms with Crippen LogP contribution in [-0.4, -0.2) is 38.9 Å². The summed E-state index contributed by atoms with van der Waals surface area (Å²) in [5.74, 6) is 0. The molecule has 0 aliphatic heterocycles. The predicted octanol–water partition coefficient (Wildman–Crippen LogP) is 2.37. The van der Waals surface area contributed by atoms with E-state index in [4.69, 9.17) is 5.11 Å². The zero-order chi connectivity index (χ0) is 15.5. The smallest absolute Gasteiger partial charge is 0.137 e. The van der Waals surface area contributed by atoms with Gasteiger partial charge in [-0.1, -0.05) is 12.1 Å². The van der Waals surface area contributed by atoms with E-state index in [0.717, 1.165) is 26.2 Å². The molecule has 0 aliphatic carbocycles. The van der Waals surface area contributed by atoms with Crippen molar-refractivity contribution in [2.75, 3.05) is 18.5 Å². The van der Waals surface area contributed by atoms with Crippen LogP contribution in [0.5, 0.6) is 0 Å². The molecule has 114 valence electrons. The molecule has 0 bridgehead atoms. The molecular weight excluding hydrogens is 393 g/mol. The lowest BCUT2D eigenvalue weighted by atomic mass is 10.1. The number of hydrogen-bond acceptors (Lipinski definition) is 4. The monoisotopic (exact) mass is 409 g/mol. The van der Waals surface area contributed by atoms with Crippen molar-refractivity contribution in [2.45, 2.75) is 6.10 Å². The number of aliphatic hydroxyl groups is 2. The Morgan fingerprint density at radius 3 is 2.91 bits per heavy atom. The summed E-state index contributed by atoms with van der Waals surface area (Å²) in [5, 5.41) is 21.3. The number of pyridine rings is 1. The molecule has 0 radical (unpaired) electrons. The topological polar surface area (TPSA) is 69.8 Å². The number of anilines is 1. The Morgan fingerprint density at radius 1 is 1.23 bits per heavy atom. The van der Waals surface area contributed by atoms with Gasteiger partial charge in [-0.2, -0.15) is 0 Å². The number of aromatic nitrogens is 2. The Kier molecular flexibility index (Phi) is 4.60. The standard InChI is InChI=1S/C16H16IN3O2/c17-12-4-5-16-19-15(9-20(16)8-12)11-2-1-3-13(6-11)18-7-14(22)10-21/h1-6,8-9,14,18,21-22H,7,10H2. The third-order valence-corrected chi connectivity index (χ3v) is 3.96. The predicted molar refractivity (Wildman–Crippen MR) is 94.9 cm³/mol. The van der Waals surface area contributed by atoms with E-state index in [1.54, 1.807) is 0 Å². The van der Waals surface area contributed by atoms with Gasteiger partial charge < -0.3 is 19.9 Å². The molecule has 1 unspecified atom stereocenters. The summed E-state index contributed by atoms with van der Waals surface area (Å²) in [7, 11) is 0. The van der Waals surface area contributed by atoms with Crippen molar-refractivity contribution >= 4 is 33.9 Å². The summed E-state index contributed by atoms with van der Waals surface area (Å²) in [4.78, 5) is 4.62. The Balaban J connectivity index is 1.86. The van der Waals surface area contributed by atoms with Crippen molar-refractivity contribution in [1.29, 1.82) is 0 Å². The van der Waals surface area contributed by atoms with Crippen LogP contribution in [0.3, 0.4) is 0 Å². The number of aliphatic hydroxyl groups excluding tert-OH is 2. The van der Waals surface area contributed by atoms with Crippen LogP contribution < -0.4 is 5.32 Å². The van der Waals surface area contributed by atoms with Crippen LogP contribution in [0.4, 0.5) is 5.69 Å². The van der Waals surface area contributed by atoms with Crippen LogP contribution in [0.15, 0.2) is 48.8 Å². The molecule has 0 fully saturated rings. The molecule has 0 saturated carbocycles. The number of nitrogens with zero attached hydrogens (tertiary/aromatic N) is 2. The first kappa shape index (κ1) is 15.3. The maximum Gasteiger partial charge on any atom is 0.137 e. The van der Waals surface area contributed by atoms with Gasteiger partial charge in [-0.05, 0) is 46.9 Å². The lowest BCUT2D eigenvalue weighted by Gasteiger charge is -2.10. The third kappa shape index (κ3) is 3.40. The molecule has 0 amide bonds. The number of fused-ring (bicyclic) bond motifs is 1. The second-order valence-electron chi connectivity index (χ2n) is 5.04. The fourth-order valence-corrected chi connectivity index (χ4v) is 2.67. The van der Waals surface area contributed by atoms with Crippen LogP contribution in [-0.2, 0) is 0 Å². The molecule has 22 heavy (non-hydrogen) atoms. The third-order valence-electron chi connectivity index (χ3n) is 3.33. The van der Waals surface area contributed by atoms with Gasteiger partial charge in [-0.15, -0.1) is 0 Å². The number of halogens is 1. The number of hydrogen-bond donors (Lipinski definition) is 3. The Hall–Kier alpha value is -1.64. The normalized spacial score (nSPS) is 12.5. The minimum Gasteiger partial charge on any atom is -0.394 e. The Morgan fingerprint density at radius 2 is 2.09 bits per heavy atom. The van der Waals surface area contributed by atoms with Gasteiger partial charge in [0.15, 0.2) is 0 Å². The number of nitrogens with one attached hydrogen (secondary N) is 1. The summed E-state index contributed by atoms with van der Waals surface area (Å²) in [6.07, 6.45) is 3.27. The molecule has 5 nitrogen and oxygen atoms in total. The van der Waals surface area contributed by atoms with E-state index < -0.39 is 6.10 Å². The minimum absolute atomic E-state index is 0.252. The fraction of sp³-hybridized carbons (Fsp3) is 0.188. The molecule has 1 atom stereocenters. The average Bonchev–Trinajstić information content (AvgIpc) is 2.96. The Bertz CT molecular complexity index is 788. The molecule has 6 heteroatoms. The highest BCUT2D eigenvalue weighted by atomic mass is 127. The van der Waals surface area contributed by atoms with Gasteiger partial charge in [-0.25, -0.2) is 4.98 Å². The SMILES string of the molecule is OCC(O)CNc1cccc(-c2cn3cc(I)ccc3n2)c1. The molecule has 1 aromatic carbocycles. The van der Waals surface area contributed by atoms with Crippen molar-refractivity contribution in [3.05, 3.63) is 52.4 Å². The highest BCUT2D eigenvalue weighted by Crippen LogP contribution is 2.23. The summed E-state index contributed by atoms with van der Waals surface area (Å²) in [6, 6.07) is 11.9. The molecule has 0 spiro atoms. The van der Waals surface area contributed by atoms with Crippen LogP contribution in [0, 0.1) is 3.57 Å². The van der Waals surface area contributed by atoms with Gasteiger partial charge in [0, 0.05) is 33.8 Å².